The fourth-order valence-corrected chi connectivity index (χ4v) is 3.43. The van der Waals surface area contributed by atoms with Gasteiger partial charge in [-0.25, -0.2) is 0 Å². The Morgan fingerprint density at radius 1 is 1.20 bits per heavy atom. The molecule has 0 spiro atoms. The lowest BCUT2D eigenvalue weighted by Crippen LogP contribution is -2.57. The molecule has 0 radical (unpaired) electrons. The predicted octanol–water partition coefficient (Wildman–Crippen LogP) is 1.94. The number of fused-ring (bicyclic) bond motifs is 1. The van der Waals surface area contributed by atoms with E-state index in [1.807, 2.05) is 11.0 Å². The van der Waals surface area contributed by atoms with Crippen molar-refractivity contribution in [3.8, 4) is 5.75 Å². The van der Waals surface area contributed by atoms with Crippen molar-refractivity contribution in [3.63, 3.8) is 0 Å². The smallest absolute Gasteiger partial charge is 0.242 e. The quantitative estimate of drug-likeness (QED) is 0.822. The third kappa shape index (κ3) is 2.40. The zero-order chi connectivity index (χ0) is 14.2. The summed E-state index contributed by atoms with van der Waals surface area (Å²) in [6.07, 6.45) is 5.73. The number of hydrogen-bond acceptors (Lipinski definition) is 3. The number of benzene rings is 1. The van der Waals surface area contributed by atoms with Crippen molar-refractivity contribution >= 4 is 5.91 Å². The largest absolute Gasteiger partial charge is 0.508 e. The van der Waals surface area contributed by atoms with Crippen molar-refractivity contribution in [1.82, 2.24) is 4.90 Å². The van der Waals surface area contributed by atoms with Gasteiger partial charge in [0.05, 0.1) is 5.54 Å². The summed E-state index contributed by atoms with van der Waals surface area (Å²) in [5, 5.41) is 9.58. The predicted molar refractivity (Wildman–Crippen MR) is 77.2 cm³/mol. The van der Waals surface area contributed by atoms with Crippen LogP contribution < -0.4 is 5.73 Å². The van der Waals surface area contributed by atoms with E-state index >= 15 is 0 Å². The van der Waals surface area contributed by atoms with Crippen LogP contribution in [0.15, 0.2) is 18.2 Å². The molecule has 0 unspecified atom stereocenters. The monoisotopic (exact) mass is 274 g/mol. The van der Waals surface area contributed by atoms with Crippen LogP contribution in [-0.2, 0) is 17.8 Å². The molecule has 0 aromatic heterocycles. The van der Waals surface area contributed by atoms with Gasteiger partial charge in [0, 0.05) is 13.1 Å². The minimum absolute atomic E-state index is 0.0891. The molecule has 0 atom stereocenters. The lowest BCUT2D eigenvalue weighted by atomic mass is 9.81. The number of nitrogens with zero attached hydrogens (tertiary/aromatic N) is 1. The number of nitrogens with two attached hydrogens (primary N) is 1. The highest BCUT2D eigenvalue weighted by molar-refractivity contribution is 5.86. The van der Waals surface area contributed by atoms with Crippen molar-refractivity contribution in [2.45, 2.75) is 50.6 Å². The van der Waals surface area contributed by atoms with E-state index in [9.17, 15) is 9.90 Å². The van der Waals surface area contributed by atoms with Gasteiger partial charge >= 0.3 is 0 Å². The van der Waals surface area contributed by atoms with Crippen molar-refractivity contribution < 1.29 is 9.90 Å². The number of rotatable bonds is 1. The molecule has 4 heteroatoms. The third-order valence-corrected chi connectivity index (χ3v) is 4.66. The topological polar surface area (TPSA) is 66.6 Å². The van der Waals surface area contributed by atoms with E-state index in [4.69, 9.17) is 5.73 Å². The Morgan fingerprint density at radius 2 is 1.95 bits per heavy atom. The van der Waals surface area contributed by atoms with E-state index in [-0.39, 0.29) is 11.7 Å². The molecule has 1 amide bonds. The molecule has 1 aliphatic heterocycles. The first kappa shape index (κ1) is 13.4. The maximum atomic E-state index is 12.7. The van der Waals surface area contributed by atoms with Crippen LogP contribution in [0.4, 0.5) is 0 Å². The van der Waals surface area contributed by atoms with Crippen molar-refractivity contribution in [2.24, 2.45) is 5.73 Å². The number of carbonyl (C=O) groups is 1. The number of phenols is 1. The van der Waals surface area contributed by atoms with Crippen LogP contribution in [0.5, 0.6) is 5.75 Å². The van der Waals surface area contributed by atoms with Gasteiger partial charge < -0.3 is 15.7 Å². The second kappa shape index (κ2) is 5.09. The molecule has 0 bridgehead atoms. The number of amides is 1. The summed E-state index contributed by atoms with van der Waals surface area (Å²) in [6.45, 7) is 1.30. The van der Waals surface area contributed by atoms with Crippen LogP contribution in [0.1, 0.15) is 43.2 Å². The lowest BCUT2D eigenvalue weighted by Gasteiger charge is -2.39. The molecule has 1 aromatic rings. The van der Waals surface area contributed by atoms with Gasteiger partial charge in [-0.15, -0.1) is 0 Å². The summed E-state index contributed by atoms with van der Waals surface area (Å²) in [6, 6.07) is 5.42. The van der Waals surface area contributed by atoms with Crippen LogP contribution in [0.2, 0.25) is 0 Å². The standard InChI is InChI=1S/C16H22N2O2/c17-16(7-2-1-3-8-16)15(20)18-9-6-12-4-5-14(19)10-13(12)11-18/h4-5,10,19H,1-3,6-9,11,17H2. The molecule has 1 aliphatic carbocycles. The first-order valence-electron chi connectivity index (χ1n) is 7.47. The molecule has 20 heavy (non-hydrogen) atoms. The maximum absolute atomic E-state index is 12.7. The molecular formula is C16H22N2O2. The Labute approximate surface area is 119 Å². The third-order valence-electron chi connectivity index (χ3n) is 4.66. The number of hydrogen-bond donors (Lipinski definition) is 2. The van der Waals surface area contributed by atoms with Crippen LogP contribution in [0, 0.1) is 0 Å². The normalized spacial score (nSPS) is 21.4. The highest BCUT2D eigenvalue weighted by Crippen LogP contribution is 2.30. The second-order valence-corrected chi connectivity index (χ2v) is 6.15. The van der Waals surface area contributed by atoms with Crippen molar-refractivity contribution in [2.75, 3.05) is 6.54 Å². The van der Waals surface area contributed by atoms with Crippen LogP contribution in [-0.4, -0.2) is 28.0 Å². The van der Waals surface area contributed by atoms with Crippen LogP contribution >= 0.6 is 0 Å². The van der Waals surface area contributed by atoms with E-state index in [1.165, 1.54) is 12.0 Å². The SMILES string of the molecule is NC1(C(=O)N2CCc3ccc(O)cc3C2)CCCCC1. The zero-order valence-electron chi connectivity index (χ0n) is 11.8. The van der Waals surface area contributed by atoms with Gasteiger partial charge in [0.25, 0.3) is 0 Å². The summed E-state index contributed by atoms with van der Waals surface area (Å²) in [4.78, 5) is 14.6. The summed E-state index contributed by atoms with van der Waals surface area (Å²) in [5.41, 5.74) is 7.95. The Morgan fingerprint density at radius 3 is 2.70 bits per heavy atom. The molecule has 2 aliphatic rings. The van der Waals surface area contributed by atoms with E-state index in [1.54, 1.807) is 12.1 Å². The molecule has 1 fully saturated rings. The second-order valence-electron chi connectivity index (χ2n) is 6.15. The molecule has 1 saturated carbocycles. The Balaban J connectivity index is 1.77. The maximum Gasteiger partial charge on any atom is 0.242 e. The van der Waals surface area contributed by atoms with Gasteiger partial charge in [-0.2, -0.15) is 0 Å². The Kier molecular flexibility index (Phi) is 3.42. The molecule has 0 saturated heterocycles. The molecule has 3 N–H and O–H groups in total. The van der Waals surface area contributed by atoms with E-state index in [2.05, 4.69) is 0 Å². The fourth-order valence-electron chi connectivity index (χ4n) is 3.43. The van der Waals surface area contributed by atoms with Gasteiger partial charge in [-0.1, -0.05) is 25.3 Å². The Hall–Kier alpha value is -1.55. The number of carbonyl (C=O) groups excluding carboxylic acids is 1. The average molecular weight is 274 g/mol. The lowest BCUT2D eigenvalue weighted by molar-refractivity contribution is -0.139. The number of phenolic OH excluding ortho intramolecular Hbond substituents is 1. The molecule has 108 valence electrons. The molecule has 1 heterocycles. The summed E-state index contributed by atoms with van der Waals surface area (Å²) in [5.74, 6) is 0.351. The van der Waals surface area contributed by atoms with E-state index < -0.39 is 5.54 Å². The summed E-state index contributed by atoms with van der Waals surface area (Å²) in [7, 11) is 0. The number of aromatic hydroxyl groups is 1. The average Bonchev–Trinajstić information content (AvgIpc) is 2.46. The molecular weight excluding hydrogens is 252 g/mol. The molecule has 4 nitrogen and oxygen atoms in total. The highest BCUT2D eigenvalue weighted by atomic mass is 16.3. The van der Waals surface area contributed by atoms with E-state index in [0.717, 1.165) is 44.2 Å². The van der Waals surface area contributed by atoms with Crippen LogP contribution in [0.25, 0.3) is 0 Å². The minimum Gasteiger partial charge on any atom is -0.508 e. The molecule has 1 aromatic carbocycles. The van der Waals surface area contributed by atoms with Gasteiger partial charge in [0.15, 0.2) is 0 Å². The van der Waals surface area contributed by atoms with Gasteiger partial charge in [0.1, 0.15) is 5.75 Å². The van der Waals surface area contributed by atoms with Crippen molar-refractivity contribution in [1.29, 1.82) is 0 Å². The summed E-state index contributed by atoms with van der Waals surface area (Å²) < 4.78 is 0. The Bertz CT molecular complexity index is 521. The minimum atomic E-state index is -0.660. The van der Waals surface area contributed by atoms with Gasteiger partial charge in [0.2, 0.25) is 5.91 Å². The van der Waals surface area contributed by atoms with E-state index in [0.29, 0.717) is 6.54 Å². The first-order valence-corrected chi connectivity index (χ1v) is 7.47. The van der Waals surface area contributed by atoms with Crippen molar-refractivity contribution in [3.05, 3.63) is 29.3 Å². The zero-order valence-corrected chi connectivity index (χ0v) is 11.8. The summed E-state index contributed by atoms with van der Waals surface area (Å²) >= 11 is 0. The van der Waals surface area contributed by atoms with Crippen LogP contribution in [0.3, 0.4) is 0 Å². The van der Waals surface area contributed by atoms with Gasteiger partial charge in [-0.3, -0.25) is 4.79 Å². The van der Waals surface area contributed by atoms with Gasteiger partial charge in [-0.05, 0) is 42.5 Å². The molecule has 3 rings (SSSR count). The highest BCUT2D eigenvalue weighted by Gasteiger charge is 2.39. The fraction of sp³-hybridized carbons (Fsp3) is 0.562. The first-order chi connectivity index (χ1) is 9.58.